The number of hydrogen-bond acceptors (Lipinski definition) is 11. The average Bonchev–Trinajstić information content (AvgIpc) is 2.94. The summed E-state index contributed by atoms with van der Waals surface area (Å²) in [6.45, 7) is 17.2. The number of aromatic hydroxyl groups is 2. The van der Waals surface area contributed by atoms with E-state index in [-0.39, 0.29) is 70.0 Å². The number of carboxylic acids is 1. The molecule has 7 N–H and O–H groups in total. The molecule has 0 amide bonds. The third kappa shape index (κ3) is 7.02. The van der Waals surface area contributed by atoms with Crippen LogP contribution in [-0.4, -0.2) is 53.8 Å². The normalized spacial score (nSPS) is 11.9. The fourth-order valence-corrected chi connectivity index (χ4v) is 5.73. The lowest BCUT2D eigenvalue weighted by atomic mass is 9.78. The van der Waals surface area contributed by atoms with Crippen molar-refractivity contribution in [2.75, 3.05) is 18.1 Å². The van der Waals surface area contributed by atoms with Gasteiger partial charge in [0.1, 0.15) is 34.3 Å². The minimum absolute atomic E-state index is 0.0130. The van der Waals surface area contributed by atoms with E-state index < -0.39 is 17.4 Å². The maximum absolute atomic E-state index is 13.1. The van der Waals surface area contributed by atoms with Crippen molar-refractivity contribution in [2.45, 2.75) is 86.0 Å². The van der Waals surface area contributed by atoms with Gasteiger partial charge in [0.05, 0.1) is 29.1 Å². The van der Waals surface area contributed by atoms with E-state index in [2.05, 4.69) is 35.7 Å². The van der Waals surface area contributed by atoms with Gasteiger partial charge in [0.25, 0.3) is 0 Å². The second-order valence-electron chi connectivity index (χ2n) is 13.7. The number of anilines is 2. The number of hydrogen-bond donors (Lipinski definition) is 5. The van der Waals surface area contributed by atoms with Crippen LogP contribution in [0.3, 0.4) is 0 Å². The zero-order valence-corrected chi connectivity index (χ0v) is 28.9. The first kappa shape index (κ1) is 35.6. The first-order valence-electron chi connectivity index (χ1n) is 15.7. The molecule has 2 aromatic heterocycles. The van der Waals surface area contributed by atoms with Gasteiger partial charge < -0.3 is 31.5 Å². The average molecular weight is 657 g/mol. The van der Waals surface area contributed by atoms with Gasteiger partial charge in [-0.25, -0.2) is 29.5 Å². The summed E-state index contributed by atoms with van der Waals surface area (Å²) in [6.07, 6.45) is 0.759. The van der Waals surface area contributed by atoms with E-state index in [9.17, 15) is 24.9 Å². The molecule has 0 spiro atoms. The number of phenolic OH excluding ortho intramolecular Hbond substituents is 2. The molecule has 0 radical (unpaired) electrons. The number of carbonyl (C=O) groups excluding carboxylic acids is 1. The van der Waals surface area contributed by atoms with Crippen LogP contribution >= 0.6 is 0 Å². The Morgan fingerprint density at radius 3 is 1.75 bits per heavy atom. The van der Waals surface area contributed by atoms with E-state index in [0.717, 1.165) is 16.7 Å². The van der Waals surface area contributed by atoms with E-state index in [1.54, 1.807) is 26.0 Å². The van der Waals surface area contributed by atoms with Crippen molar-refractivity contribution in [3.05, 3.63) is 69.0 Å². The second-order valence-corrected chi connectivity index (χ2v) is 13.7. The Bertz CT molecular complexity index is 1860. The van der Waals surface area contributed by atoms with Gasteiger partial charge in [-0.05, 0) is 85.8 Å². The molecular weight excluding hydrogens is 612 g/mol. The summed E-state index contributed by atoms with van der Waals surface area (Å²) >= 11 is 0. The molecule has 0 saturated heterocycles. The fourth-order valence-electron chi connectivity index (χ4n) is 5.73. The number of nitrogens with zero attached hydrogens (tertiary/aromatic N) is 4. The summed E-state index contributed by atoms with van der Waals surface area (Å²) in [6, 6.07) is 7.20. The zero-order valence-electron chi connectivity index (χ0n) is 28.9. The minimum atomic E-state index is -1.23. The zero-order chi connectivity index (χ0) is 35.9. The number of esters is 1. The lowest BCUT2D eigenvalue weighted by molar-refractivity contribution is 0.0524. The molecular formula is C36H44N6O6. The third-order valence-corrected chi connectivity index (χ3v) is 8.53. The van der Waals surface area contributed by atoms with Gasteiger partial charge in [0.2, 0.25) is 0 Å². The van der Waals surface area contributed by atoms with E-state index in [1.165, 1.54) is 6.92 Å². The molecule has 12 nitrogen and oxygen atoms in total. The summed E-state index contributed by atoms with van der Waals surface area (Å²) in [5.74, 6) is -1.88. The van der Waals surface area contributed by atoms with Crippen LogP contribution in [0.5, 0.6) is 11.5 Å². The van der Waals surface area contributed by atoms with Crippen LogP contribution in [0.25, 0.3) is 22.8 Å². The van der Waals surface area contributed by atoms with Gasteiger partial charge in [-0.2, -0.15) is 0 Å². The highest BCUT2D eigenvalue weighted by Gasteiger charge is 2.29. The number of ether oxygens (including phenoxy) is 1. The first-order valence-corrected chi connectivity index (χ1v) is 15.7. The molecule has 0 bridgehead atoms. The van der Waals surface area contributed by atoms with Crippen LogP contribution in [0.1, 0.15) is 102 Å². The predicted molar refractivity (Wildman–Crippen MR) is 184 cm³/mol. The first-order chi connectivity index (χ1) is 22.3. The maximum atomic E-state index is 13.1. The number of carbonyl (C=O) groups is 2. The second kappa shape index (κ2) is 13.1. The number of nitrogen functional groups attached to an aromatic ring is 2. The van der Waals surface area contributed by atoms with Gasteiger partial charge >= 0.3 is 11.9 Å². The van der Waals surface area contributed by atoms with Crippen molar-refractivity contribution in [3.8, 4) is 34.3 Å². The van der Waals surface area contributed by atoms with Crippen molar-refractivity contribution in [1.29, 1.82) is 0 Å². The molecule has 0 aliphatic carbocycles. The van der Waals surface area contributed by atoms with Gasteiger partial charge in [-0.1, -0.05) is 46.8 Å². The van der Waals surface area contributed by atoms with Crippen LogP contribution < -0.4 is 11.5 Å². The molecule has 0 fully saturated rings. The molecule has 0 aliphatic heterocycles. The molecule has 4 rings (SSSR count). The molecule has 2 heterocycles. The summed E-state index contributed by atoms with van der Waals surface area (Å²) < 4.78 is 5.30. The smallest absolute Gasteiger partial charge is 0.343 e. The Balaban J connectivity index is 1.74. The van der Waals surface area contributed by atoms with Crippen molar-refractivity contribution in [3.63, 3.8) is 0 Å². The third-order valence-electron chi connectivity index (χ3n) is 8.53. The summed E-state index contributed by atoms with van der Waals surface area (Å²) in [5, 5.41) is 31.7. The highest BCUT2D eigenvalue weighted by molar-refractivity contribution is 5.96. The van der Waals surface area contributed by atoms with Gasteiger partial charge in [-0.3, -0.25) is 0 Å². The number of rotatable bonds is 9. The molecule has 0 aliphatic rings. The Labute approximate surface area is 280 Å². The molecule has 0 saturated carbocycles. The van der Waals surface area contributed by atoms with Crippen molar-refractivity contribution < 1.29 is 29.6 Å². The van der Waals surface area contributed by atoms with Crippen LogP contribution in [0, 0.1) is 20.8 Å². The lowest BCUT2D eigenvalue weighted by Crippen LogP contribution is -2.21. The predicted octanol–water partition coefficient (Wildman–Crippen LogP) is 6.18. The number of aromatic nitrogens is 4. The Hall–Kier alpha value is -5.26. The Kier molecular flexibility index (Phi) is 9.71. The van der Waals surface area contributed by atoms with Gasteiger partial charge in [0, 0.05) is 0 Å². The van der Waals surface area contributed by atoms with Crippen molar-refractivity contribution in [2.24, 2.45) is 0 Å². The van der Waals surface area contributed by atoms with Gasteiger partial charge in [-0.15, -0.1) is 0 Å². The van der Waals surface area contributed by atoms with Crippen molar-refractivity contribution >= 4 is 23.6 Å². The molecule has 4 aromatic rings. The Morgan fingerprint density at radius 1 is 0.771 bits per heavy atom. The monoisotopic (exact) mass is 656 g/mol. The van der Waals surface area contributed by atoms with Crippen LogP contribution in [0.15, 0.2) is 24.3 Å². The van der Waals surface area contributed by atoms with Crippen LogP contribution in [0.2, 0.25) is 0 Å². The fraction of sp³-hybridized carbons (Fsp3) is 0.389. The van der Waals surface area contributed by atoms with Crippen LogP contribution in [-0.2, 0) is 22.0 Å². The highest BCUT2D eigenvalue weighted by Crippen LogP contribution is 2.40. The summed E-state index contributed by atoms with van der Waals surface area (Å²) in [7, 11) is 0. The molecule has 2 aromatic carbocycles. The van der Waals surface area contributed by atoms with E-state index in [0.29, 0.717) is 28.8 Å². The molecule has 12 heteroatoms. The standard InChI is InChI=1S/C36H44N6O6/c1-10-48-34(47)28-22(40-32(42-30(28)38)26-17(2)13-20(15-23(26)43)35(5,6)7)11-12-36(8,9)21-14-18(3)25(24(44)16-21)31-39-19(4)27(33(45)46)29(37)41-31/h13-16,43-44H,10-12H2,1-9H3,(H,45,46)(H2,37,39,41)(H2,38,40,42). The van der Waals surface area contributed by atoms with E-state index in [4.69, 9.17) is 21.2 Å². The number of aromatic carboxylic acids is 1. The van der Waals surface area contributed by atoms with Crippen LogP contribution in [0.4, 0.5) is 11.6 Å². The molecule has 48 heavy (non-hydrogen) atoms. The number of phenols is 2. The SMILES string of the molecule is CCOC(=O)c1c(N)nc(-c2c(C)cc(C(C)(C)C)cc2O)nc1CCC(C)(C)c1cc(C)c(-c2nc(C)c(C(=O)O)c(N)n2)c(O)c1. The molecule has 0 unspecified atom stereocenters. The number of nitrogens with two attached hydrogens (primary N) is 2. The number of benzene rings is 2. The van der Waals surface area contributed by atoms with E-state index in [1.807, 2.05) is 32.9 Å². The van der Waals surface area contributed by atoms with Crippen molar-refractivity contribution in [1.82, 2.24) is 19.9 Å². The maximum Gasteiger partial charge on any atom is 0.343 e. The minimum Gasteiger partial charge on any atom is -0.507 e. The Morgan fingerprint density at radius 2 is 1.27 bits per heavy atom. The number of carboxylic acid groups (broad SMARTS) is 1. The summed E-state index contributed by atoms with van der Waals surface area (Å²) in [5.41, 5.74) is 15.9. The quantitative estimate of drug-likeness (QED) is 0.128. The topological polar surface area (TPSA) is 208 Å². The van der Waals surface area contributed by atoms with E-state index >= 15 is 0 Å². The number of aryl methyl sites for hydroxylation is 4. The summed E-state index contributed by atoms with van der Waals surface area (Å²) in [4.78, 5) is 42.3. The van der Waals surface area contributed by atoms with Gasteiger partial charge in [0.15, 0.2) is 11.6 Å². The molecule has 0 atom stereocenters. The lowest BCUT2D eigenvalue weighted by Gasteiger charge is -2.27. The highest BCUT2D eigenvalue weighted by atomic mass is 16.5. The molecule has 254 valence electrons. The largest absolute Gasteiger partial charge is 0.507 e.